The molecule has 2 rings (SSSR count). The lowest BCUT2D eigenvalue weighted by Gasteiger charge is -2.15. The molecule has 0 aliphatic heterocycles. The number of esters is 1. The maximum absolute atomic E-state index is 12.2. The molecule has 1 aliphatic rings. The summed E-state index contributed by atoms with van der Waals surface area (Å²) in [5, 5.41) is 13.8. The van der Waals surface area contributed by atoms with E-state index in [0.717, 1.165) is 50.1 Å². The van der Waals surface area contributed by atoms with Crippen molar-refractivity contribution in [2.24, 2.45) is 0 Å². The van der Waals surface area contributed by atoms with E-state index in [1.54, 1.807) is 0 Å². The molecule has 0 bridgehead atoms. The molecule has 0 heterocycles. The summed E-state index contributed by atoms with van der Waals surface area (Å²) in [6.07, 6.45) is 7.09. The molecule has 1 aliphatic carbocycles. The van der Waals surface area contributed by atoms with Crippen molar-refractivity contribution in [3.63, 3.8) is 0 Å². The van der Waals surface area contributed by atoms with Gasteiger partial charge in [0.2, 0.25) is 0 Å². The number of sulfone groups is 1. The van der Waals surface area contributed by atoms with Crippen LogP contribution in [-0.4, -0.2) is 44.1 Å². The molecular formula is C19H24N2O7S. The Balaban J connectivity index is 1.97. The minimum Gasteiger partial charge on any atom is -0.449 e. The molecule has 0 saturated heterocycles. The molecule has 1 amide bonds. The SMILES string of the molecule is C[C@@H](OC(=O)c1ccc(S(C)(=O)=O)c([N+](=O)[O-])c1)C(=O)NCCC1=CCCCC1. The third kappa shape index (κ3) is 6.38. The van der Waals surface area contributed by atoms with Gasteiger partial charge >= 0.3 is 5.97 Å². The highest BCUT2D eigenvalue weighted by Crippen LogP contribution is 2.25. The quantitative estimate of drug-likeness (QED) is 0.293. The summed E-state index contributed by atoms with van der Waals surface area (Å²) in [5.41, 5.74) is 0.371. The lowest BCUT2D eigenvalue weighted by molar-refractivity contribution is -0.387. The number of carbonyl (C=O) groups excluding carboxylic acids is 2. The largest absolute Gasteiger partial charge is 0.449 e. The molecule has 0 saturated carbocycles. The molecule has 1 aromatic rings. The molecule has 9 nitrogen and oxygen atoms in total. The molecule has 158 valence electrons. The Labute approximate surface area is 169 Å². The number of nitro benzene ring substituents is 1. The van der Waals surface area contributed by atoms with E-state index >= 15 is 0 Å². The van der Waals surface area contributed by atoms with E-state index in [1.165, 1.54) is 18.9 Å². The van der Waals surface area contributed by atoms with Gasteiger partial charge in [0.1, 0.15) is 4.90 Å². The van der Waals surface area contributed by atoms with Crippen LogP contribution < -0.4 is 5.32 Å². The summed E-state index contributed by atoms with van der Waals surface area (Å²) in [4.78, 5) is 34.1. The molecule has 29 heavy (non-hydrogen) atoms. The zero-order chi connectivity index (χ0) is 21.6. The molecule has 0 fully saturated rings. The topological polar surface area (TPSA) is 133 Å². The summed E-state index contributed by atoms with van der Waals surface area (Å²) in [7, 11) is -3.84. The number of nitrogens with zero attached hydrogens (tertiary/aromatic N) is 1. The van der Waals surface area contributed by atoms with E-state index < -0.39 is 43.3 Å². The fourth-order valence-corrected chi connectivity index (χ4v) is 3.83. The molecule has 0 spiro atoms. The lowest BCUT2D eigenvalue weighted by Crippen LogP contribution is -2.36. The normalized spacial score (nSPS) is 15.2. The maximum Gasteiger partial charge on any atom is 0.339 e. The Morgan fingerprint density at radius 1 is 1.31 bits per heavy atom. The van der Waals surface area contributed by atoms with Crippen LogP contribution in [0.25, 0.3) is 0 Å². The Hall–Kier alpha value is -2.75. The first-order valence-electron chi connectivity index (χ1n) is 9.24. The van der Waals surface area contributed by atoms with Crippen LogP contribution in [0.5, 0.6) is 0 Å². The number of nitro groups is 1. The fraction of sp³-hybridized carbons (Fsp3) is 0.474. The molecule has 0 unspecified atom stereocenters. The number of allylic oxidation sites excluding steroid dienone is 1. The van der Waals surface area contributed by atoms with Gasteiger partial charge in [0.05, 0.1) is 10.5 Å². The average molecular weight is 424 g/mol. The van der Waals surface area contributed by atoms with E-state index in [9.17, 15) is 28.1 Å². The van der Waals surface area contributed by atoms with Crippen molar-refractivity contribution in [3.8, 4) is 0 Å². The van der Waals surface area contributed by atoms with Gasteiger partial charge in [-0.3, -0.25) is 14.9 Å². The van der Waals surface area contributed by atoms with Gasteiger partial charge in [-0.05, 0) is 51.2 Å². The van der Waals surface area contributed by atoms with Crippen LogP contribution >= 0.6 is 0 Å². The van der Waals surface area contributed by atoms with Gasteiger partial charge in [-0.25, -0.2) is 13.2 Å². The number of amides is 1. The number of nitrogens with one attached hydrogen (secondary N) is 1. The number of carbonyl (C=O) groups is 2. The highest BCUT2D eigenvalue weighted by molar-refractivity contribution is 7.90. The van der Waals surface area contributed by atoms with Crippen molar-refractivity contribution in [2.75, 3.05) is 12.8 Å². The Kier molecular flexibility index (Phi) is 7.49. The van der Waals surface area contributed by atoms with Crippen LogP contribution in [0.2, 0.25) is 0 Å². The van der Waals surface area contributed by atoms with Crippen LogP contribution in [0.3, 0.4) is 0 Å². The Morgan fingerprint density at radius 3 is 2.62 bits per heavy atom. The smallest absolute Gasteiger partial charge is 0.339 e. The Bertz CT molecular complexity index is 938. The number of hydrogen-bond donors (Lipinski definition) is 1. The monoisotopic (exact) mass is 424 g/mol. The first kappa shape index (κ1) is 22.5. The van der Waals surface area contributed by atoms with E-state index in [-0.39, 0.29) is 5.56 Å². The third-order valence-electron chi connectivity index (χ3n) is 4.57. The van der Waals surface area contributed by atoms with Crippen molar-refractivity contribution in [1.82, 2.24) is 5.32 Å². The zero-order valence-corrected chi connectivity index (χ0v) is 17.2. The van der Waals surface area contributed by atoms with Crippen LogP contribution in [0.1, 0.15) is 49.4 Å². The van der Waals surface area contributed by atoms with E-state index in [0.29, 0.717) is 6.54 Å². The van der Waals surface area contributed by atoms with Gasteiger partial charge in [-0.1, -0.05) is 11.6 Å². The average Bonchev–Trinajstić information content (AvgIpc) is 2.67. The minimum absolute atomic E-state index is 0.212. The first-order chi connectivity index (χ1) is 13.6. The second-order valence-electron chi connectivity index (χ2n) is 6.91. The number of ether oxygens (including phenoxy) is 1. The minimum atomic E-state index is -3.84. The van der Waals surface area contributed by atoms with Gasteiger partial charge in [0.15, 0.2) is 15.9 Å². The van der Waals surface area contributed by atoms with E-state index in [2.05, 4.69) is 11.4 Å². The molecule has 1 aromatic carbocycles. The number of benzene rings is 1. The summed E-state index contributed by atoms with van der Waals surface area (Å²) < 4.78 is 28.4. The van der Waals surface area contributed by atoms with Crippen LogP contribution in [0.15, 0.2) is 34.7 Å². The summed E-state index contributed by atoms with van der Waals surface area (Å²) in [6, 6.07) is 2.93. The predicted molar refractivity (Wildman–Crippen MR) is 105 cm³/mol. The second kappa shape index (κ2) is 9.64. The predicted octanol–water partition coefficient (Wildman–Crippen LogP) is 2.55. The highest BCUT2D eigenvalue weighted by atomic mass is 32.2. The maximum atomic E-state index is 12.2. The second-order valence-corrected chi connectivity index (χ2v) is 8.89. The lowest BCUT2D eigenvalue weighted by atomic mass is 9.97. The molecule has 1 atom stereocenters. The van der Waals surface area contributed by atoms with Gasteiger partial charge in [0, 0.05) is 18.9 Å². The first-order valence-corrected chi connectivity index (χ1v) is 11.1. The number of hydrogen-bond acceptors (Lipinski definition) is 7. The fourth-order valence-electron chi connectivity index (χ4n) is 3.00. The van der Waals surface area contributed by atoms with Crippen molar-refractivity contribution in [3.05, 3.63) is 45.5 Å². The Morgan fingerprint density at radius 2 is 2.03 bits per heavy atom. The third-order valence-corrected chi connectivity index (χ3v) is 5.72. The molecule has 0 radical (unpaired) electrons. The summed E-state index contributed by atoms with van der Waals surface area (Å²) in [6.45, 7) is 1.83. The molecular weight excluding hydrogens is 400 g/mol. The van der Waals surface area contributed by atoms with Crippen molar-refractivity contribution in [1.29, 1.82) is 0 Å². The van der Waals surface area contributed by atoms with E-state index in [4.69, 9.17) is 4.74 Å². The van der Waals surface area contributed by atoms with Crippen LogP contribution in [-0.2, 0) is 19.4 Å². The molecule has 1 N–H and O–H groups in total. The van der Waals surface area contributed by atoms with Gasteiger partial charge in [0.25, 0.3) is 11.6 Å². The summed E-state index contributed by atoms with van der Waals surface area (Å²) >= 11 is 0. The summed E-state index contributed by atoms with van der Waals surface area (Å²) in [5.74, 6) is -1.43. The molecule has 10 heteroatoms. The van der Waals surface area contributed by atoms with Crippen molar-refractivity contribution in [2.45, 2.75) is 50.0 Å². The van der Waals surface area contributed by atoms with Crippen molar-refractivity contribution < 1.29 is 27.7 Å². The highest BCUT2D eigenvalue weighted by Gasteiger charge is 2.26. The van der Waals surface area contributed by atoms with Crippen molar-refractivity contribution >= 4 is 27.4 Å². The standard InChI is InChI=1S/C19H24N2O7S/c1-13(18(22)20-11-10-14-6-4-3-5-7-14)28-19(23)15-8-9-17(29(2,26)27)16(12-15)21(24)25/h6,8-9,12-13H,3-5,7,10-11H2,1-2H3,(H,20,22)/t13-/m1/s1. The van der Waals surface area contributed by atoms with Gasteiger partial charge in [-0.15, -0.1) is 0 Å². The zero-order valence-electron chi connectivity index (χ0n) is 16.3. The van der Waals surface area contributed by atoms with Gasteiger partial charge in [-0.2, -0.15) is 0 Å². The molecule has 0 aromatic heterocycles. The van der Waals surface area contributed by atoms with E-state index in [1.807, 2.05) is 0 Å². The van der Waals surface area contributed by atoms with Gasteiger partial charge < -0.3 is 10.1 Å². The van der Waals surface area contributed by atoms with Crippen LogP contribution in [0, 0.1) is 10.1 Å². The van der Waals surface area contributed by atoms with Crippen LogP contribution in [0.4, 0.5) is 5.69 Å². The number of rotatable bonds is 8.